The van der Waals surface area contributed by atoms with Gasteiger partial charge in [0.2, 0.25) is 5.78 Å². The van der Waals surface area contributed by atoms with E-state index in [1.807, 2.05) is 28.8 Å². The normalized spacial score (nSPS) is 12.0. The minimum atomic E-state index is -0.710. The van der Waals surface area contributed by atoms with E-state index in [9.17, 15) is 9.59 Å². The van der Waals surface area contributed by atoms with Gasteiger partial charge in [0.1, 0.15) is 24.0 Å². The first-order chi connectivity index (χ1) is 21.3. The van der Waals surface area contributed by atoms with Crippen molar-refractivity contribution in [2.24, 2.45) is 0 Å². The summed E-state index contributed by atoms with van der Waals surface area (Å²) in [6.07, 6.45) is 8.19. The van der Waals surface area contributed by atoms with E-state index in [-0.39, 0.29) is 29.8 Å². The number of fused-ring (bicyclic) bond motifs is 1. The number of hydrogen-bond acceptors (Lipinski definition) is 6. The smallest absolute Gasteiger partial charge is 0.253 e. The lowest BCUT2D eigenvalue weighted by Crippen LogP contribution is -2.21. The Hall–Kier alpha value is -3.77. The summed E-state index contributed by atoms with van der Waals surface area (Å²) < 4.78 is 16.2. The Bertz CT molecular complexity index is 1900. The molecule has 0 spiro atoms. The molecule has 9 nitrogen and oxygen atoms in total. The van der Waals surface area contributed by atoms with Crippen molar-refractivity contribution in [3.05, 3.63) is 99.2 Å². The van der Waals surface area contributed by atoms with E-state index >= 15 is 0 Å². The van der Waals surface area contributed by atoms with Gasteiger partial charge in [-0.1, -0.05) is 33.6 Å². The Morgan fingerprint density at radius 1 is 1.02 bits per heavy atom. The highest BCUT2D eigenvalue weighted by Crippen LogP contribution is 2.34. The number of carbonyl (C=O) groups excluding carboxylic acids is 2. The molecule has 5 rings (SSSR count). The van der Waals surface area contributed by atoms with E-state index < -0.39 is 10.0 Å². The summed E-state index contributed by atoms with van der Waals surface area (Å²) >= 11 is 10.2. The van der Waals surface area contributed by atoms with Gasteiger partial charge in [-0.3, -0.25) is 9.59 Å². The molecule has 1 amide bonds. The maximum Gasteiger partial charge on any atom is 0.253 e. The van der Waals surface area contributed by atoms with Gasteiger partial charge in [0, 0.05) is 41.3 Å². The number of benzene rings is 3. The molecular formula is C33H35BrClN5O4S. The van der Waals surface area contributed by atoms with Crippen LogP contribution in [0.1, 0.15) is 26.4 Å². The van der Waals surface area contributed by atoms with Crippen molar-refractivity contribution in [3.63, 3.8) is 0 Å². The number of ketones is 1. The molecule has 236 valence electrons. The topological polar surface area (TPSA) is 105 Å². The first kappa shape index (κ1) is 32.6. The van der Waals surface area contributed by atoms with Gasteiger partial charge in [0.25, 0.3) is 5.91 Å². The summed E-state index contributed by atoms with van der Waals surface area (Å²) in [4.78, 5) is 27.8. The number of carbonyl (C=O) groups is 2. The zero-order valence-corrected chi connectivity index (χ0v) is 28.9. The average Bonchev–Trinajstić information content (AvgIpc) is 3.54. The first-order valence-corrected chi connectivity index (χ1v) is 18.2. The Labute approximate surface area is 277 Å². The van der Waals surface area contributed by atoms with Crippen molar-refractivity contribution in [1.82, 2.24) is 19.2 Å². The number of nitrogens with zero attached hydrogens (tertiary/aromatic N) is 4. The zero-order valence-electron chi connectivity index (χ0n) is 25.7. The van der Waals surface area contributed by atoms with Crippen LogP contribution in [0.3, 0.4) is 0 Å². The fourth-order valence-corrected chi connectivity index (χ4v) is 5.95. The maximum absolute atomic E-state index is 13.9. The number of aromatic nitrogens is 3. The van der Waals surface area contributed by atoms with Crippen molar-refractivity contribution in [2.45, 2.75) is 6.73 Å². The largest absolute Gasteiger partial charge is 0.457 e. The highest BCUT2D eigenvalue weighted by atomic mass is 79.9. The van der Waals surface area contributed by atoms with Crippen LogP contribution in [0.2, 0.25) is 5.02 Å². The number of halogens is 2. The summed E-state index contributed by atoms with van der Waals surface area (Å²) in [7, 11) is 2.67. The Morgan fingerprint density at radius 2 is 1.78 bits per heavy atom. The Morgan fingerprint density at radius 3 is 2.49 bits per heavy atom. The molecule has 0 fully saturated rings. The maximum atomic E-state index is 13.9. The molecule has 0 aliphatic heterocycles. The van der Waals surface area contributed by atoms with Gasteiger partial charge in [0.05, 0.1) is 40.3 Å². The van der Waals surface area contributed by atoms with Crippen LogP contribution in [0.4, 0.5) is 5.82 Å². The second-order valence-corrected chi connectivity index (χ2v) is 17.5. The molecular weight excluding hydrogens is 678 g/mol. The van der Waals surface area contributed by atoms with Crippen LogP contribution < -0.4 is 10.5 Å². The molecule has 0 aliphatic rings. The summed E-state index contributed by atoms with van der Waals surface area (Å²) in [5.41, 5.74) is 9.08. The van der Waals surface area contributed by atoms with Gasteiger partial charge >= 0.3 is 0 Å². The SMILES string of the molecule is CN(C)C(=O)c1cccc(Oc2ccc(-n3ncc(C(=O)c4cc5cc(Br)ccc5n4COCCS(C)(C)C)c3N)c(Cl)c2)c1. The van der Waals surface area contributed by atoms with E-state index in [4.69, 9.17) is 26.8 Å². The highest BCUT2D eigenvalue weighted by Gasteiger charge is 2.24. The van der Waals surface area contributed by atoms with Gasteiger partial charge in [-0.15, -0.1) is 0 Å². The van der Waals surface area contributed by atoms with Gasteiger partial charge in [-0.05, 0) is 73.4 Å². The van der Waals surface area contributed by atoms with Gasteiger partial charge in [-0.25, -0.2) is 14.7 Å². The molecule has 0 aliphatic carbocycles. The van der Waals surface area contributed by atoms with E-state index in [0.717, 1.165) is 21.1 Å². The summed E-state index contributed by atoms with van der Waals surface area (Å²) in [5.74, 6) is 1.66. The number of nitrogen functional groups attached to an aromatic ring is 1. The number of hydrogen-bond donors (Lipinski definition) is 1. The number of anilines is 1. The number of amides is 1. The predicted octanol–water partition coefficient (Wildman–Crippen LogP) is 7.22. The van der Waals surface area contributed by atoms with Crippen LogP contribution >= 0.6 is 37.6 Å². The number of rotatable bonds is 11. The molecule has 0 unspecified atom stereocenters. The third kappa shape index (κ3) is 7.38. The summed E-state index contributed by atoms with van der Waals surface area (Å²) in [6.45, 7) is 0.829. The molecule has 0 atom stereocenters. The molecule has 0 saturated carbocycles. The van der Waals surface area contributed by atoms with Gasteiger partial charge in [-0.2, -0.15) is 5.10 Å². The standard InChI is InChI=1S/C33H35BrClN5O4S/c1-38(2)33(42)21-7-6-8-24(16-21)44-25-10-12-29(27(35)18-25)40-32(36)26(19-37-40)31(41)30-17-22-15-23(34)9-11-28(22)39(30)20-43-13-14-45(3,4)5/h6-12,15-19H,13-14,20,36H2,1-5H3. The Kier molecular flexibility index (Phi) is 9.64. The predicted molar refractivity (Wildman–Crippen MR) is 187 cm³/mol. The molecule has 45 heavy (non-hydrogen) atoms. The summed E-state index contributed by atoms with van der Waals surface area (Å²) in [5, 5.41) is 5.63. The number of ether oxygens (including phenoxy) is 2. The molecule has 12 heteroatoms. The highest BCUT2D eigenvalue weighted by molar-refractivity contribution is 9.10. The minimum Gasteiger partial charge on any atom is -0.457 e. The average molecular weight is 713 g/mol. The van der Waals surface area contributed by atoms with Crippen molar-refractivity contribution in [3.8, 4) is 17.2 Å². The van der Waals surface area contributed by atoms with Crippen LogP contribution in [0, 0.1) is 0 Å². The van der Waals surface area contributed by atoms with Crippen LogP contribution in [0.25, 0.3) is 16.6 Å². The second kappa shape index (κ2) is 13.3. The molecule has 0 saturated heterocycles. The fourth-order valence-electron chi connectivity index (χ4n) is 4.71. The minimum absolute atomic E-state index is 0.129. The van der Waals surface area contributed by atoms with Crippen LogP contribution in [0.5, 0.6) is 11.5 Å². The number of nitrogens with two attached hydrogens (primary N) is 1. The molecule has 0 bridgehead atoms. The third-order valence-electron chi connectivity index (χ3n) is 7.08. The Balaban J connectivity index is 1.40. The monoisotopic (exact) mass is 711 g/mol. The van der Waals surface area contributed by atoms with E-state index in [2.05, 4.69) is 39.8 Å². The quantitative estimate of drug-likeness (QED) is 0.115. The molecule has 3 aromatic carbocycles. The van der Waals surface area contributed by atoms with Crippen LogP contribution in [-0.4, -0.2) is 76.2 Å². The van der Waals surface area contributed by atoms with Crippen molar-refractivity contribution >= 4 is 66.0 Å². The van der Waals surface area contributed by atoms with E-state index in [1.54, 1.807) is 56.6 Å². The molecule has 2 aromatic heterocycles. The molecule has 5 aromatic rings. The van der Waals surface area contributed by atoms with Crippen LogP contribution in [0.15, 0.2) is 77.4 Å². The van der Waals surface area contributed by atoms with E-state index in [0.29, 0.717) is 40.1 Å². The first-order valence-electron chi connectivity index (χ1n) is 14.0. The van der Waals surface area contributed by atoms with Crippen LogP contribution in [-0.2, 0) is 11.5 Å². The lowest BCUT2D eigenvalue weighted by molar-refractivity contribution is 0.0827. The lowest BCUT2D eigenvalue weighted by atomic mass is 10.1. The van der Waals surface area contributed by atoms with Gasteiger partial charge in [0.15, 0.2) is 0 Å². The van der Waals surface area contributed by atoms with Crippen molar-refractivity contribution < 1.29 is 19.1 Å². The molecule has 0 radical (unpaired) electrons. The lowest BCUT2D eigenvalue weighted by Gasteiger charge is -2.24. The third-order valence-corrected chi connectivity index (χ3v) is 9.27. The van der Waals surface area contributed by atoms with E-state index in [1.165, 1.54) is 15.8 Å². The fraction of sp³-hybridized carbons (Fsp3) is 0.242. The van der Waals surface area contributed by atoms with Crippen molar-refractivity contribution in [2.75, 3.05) is 51.0 Å². The zero-order chi connectivity index (χ0) is 32.5. The molecule has 2 N–H and O–H groups in total. The van der Waals surface area contributed by atoms with Crippen molar-refractivity contribution in [1.29, 1.82) is 0 Å². The summed E-state index contributed by atoms with van der Waals surface area (Å²) in [6, 6.07) is 19.7. The second-order valence-electron chi connectivity index (χ2n) is 11.6. The molecule has 2 heterocycles. The van der Waals surface area contributed by atoms with Gasteiger partial charge < -0.3 is 24.7 Å².